The zero-order valence-corrected chi connectivity index (χ0v) is 16.2. The van der Waals surface area contributed by atoms with Crippen LogP contribution in [0, 0.1) is 13.8 Å². The first-order valence-corrected chi connectivity index (χ1v) is 8.89. The molecule has 7 heteroatoms. The maximum absolute atomic E-state index is 12.0. The van der Waals surface area contributed by atoms with Gasteiger partial charge in [-0.05, 0) is 67.3 Å². The Morgan fingerprint density at radius 2 is 1.75 bits per heavy atom. The number of amides is 1. The molecule has 0 heterocycles. The highest BCUT2D eigenvalue weighted by Gasteiger charge is 2.07. The number of aryl methyl sites for hydroxylation is 2. The molecule has 0 aliphatic rings. The van der Waals surface area contributed by atoms with E-state index < -0.39 is 12.6 Å². The van der Waals surface area contributed by atoms with Gasteiger partial charge in [-0.1, -0.05) is 19.1 Å². The minimum absolute atomic E-state index is 0.132. The van der Waals surface area contributed by atoms with E-state index in [2.05, 4.69) is 10.5 Å². The van der Waals surface area contributed by atoms with Crippen molar-refractivity contribution >= 4 is 17.6 Å². The molecule has 1 amide bonds. The van der Waals surface area contributed by atoms with Crippen LogP contribution < -0.4 is 14.9 Å². The van der Waals surface area contributed by atoms with Gasteiger partial charge in [-0.25, -0.2) is 10.2 Å². The van der Waals surface area contributed by atoms with Crippen LogP contribution >= 0.6 is 0 Å². The lowest BCUT2D eigenvalue weighted by atomic mass is 10.1. The van der Waals surface area contributed by atoms with Crippen molar-refractivity contribution in [2.24, 2.45) is 5.10 Å². The first-order chi connectivity index (χ1) is 13.4. The molecule has 2 aromatic carbocycles. The maximum Gasteiger partial charge on any atom is 0.341 e. The number of hydrogen-bond donors (Lipinski definition) is 2. The van der Waals surface area contributed by atoms with Crippen LogP contribution in [-0.4, -0.2) is 35.9 Å². The van der Waals surface area contributed by atoms with Crippen LogP contribution in [0.15, 0.2) is 47.6 Å². The van der Waals surface area contributed by atoms with Crippen molar-refractivity contribution in [3.8, 4) is 11.5 Å². The van der Waals surface area contributed by atoms with Crippen LogP contribution in [-0.2, 0) is 9.59 Å². The number of rotatable bonds is 9. The van der Waals surface area contributed by atoms with Gasteiger partial charge in [0.2, 0.25) is 0 Å². The molecule has 0 fully saturated rings. The van der Waals surface area contributed by atoms with E-state index in [9.17, 15) is 9.59 Å². The molecule has 0 saturated heterocycles. The predicted molar refractivity (Wildman–Crippen MR) is 106 cm³/mol. The zero-order valence-electron chi connectivity index (χ0n) is 16.2. The molecule has 0 unspecified atom stereocenters. The highest BCUT2D eigenvalue weighted by Crippen LogP contribution is 2.19. The summed E-state index contributed by atoms with van der Waals surface area (Å²) in [7, 11) is 0. The zero-order chi connectivity index (χ0) is 20.5. The Balaban J connectivity index is 1.93. The second kappa shape index (κ2) is 10.1. The second-order valence-corrected chi connectivity index (χ2v) is 6.21. The van der Waals surface area contributed by atoms with Crippen LogP contribution in [0.5, 0.6) is 11.5 Å². The summed E-state index contributed by atoms with van der Waals surface area (Å²) in [6.07, 6.45) is 0.605. The van der Waals surface area contributed by atoms with Crippen molar-refractivity contribution in [1.82, 2.24) is 5.43 Å². The molecule has 0 radical (unpaired) electrons. The highest BCUT2D eigenvalue weighted by molar-refractivity contribution is 6.01. The summed E-state index contributed by atoms with van der Waals surface area (Å²) in [6, 6.07) is 12.7. The number of carboxylic acids is 1. The summed E-state index contributed by atoms with van der Waals surface area (Å²) in [5.74, 6) is -0.265. The second-order valence-electron chi connectivity index (χ2n) is 6.21. The van der Waals surface area contributed by atoms with Crippen LogP contribution in [0.25, 0.3) is 0 Å². The Morgan fingerprint density at radius 3 is 2.39 bits per heavy atom. The molecule has 7 nitrogen and oxygen atoms in total. The third-order valence-electron chi connectivity index (χ3n) is 3.90. The summed E-state index contributed by atoms with van der Waals surface area (Å²) in [5, 5.41) is 12.8. The standard InChI is InChI=1S/C21H24N2O5/c1-4-18(16-7-9-17(10-8-16)27-13-21(25)26)22-23-20(24)12-28-19-11-14(2)5-6-15(19)3/h5-11H,4,12-13H2,1-3H3,(H,23,24)(H,25,26)/b22-18-. The summed E-state index contributed by atoms with van der Waals surface area (Å²) in [5.41, 5.74) is 6.02. The van der Waals surface area contributed by atoms with Gasteiger partial charge in [0.25, 0.3) is 5.91 Å². The molecule has 2 N–H and O–H groups in total. The molecule has 2 rings (SSSR count). The molecular weight excluding hydrogens is 360 g/mol. The fourth-order valence-corrected chi connectivity index (χ4v) is 2.40. The molecule has 0 aromatic heterocycles. The van der Waals surface area contributed by atoms with Gasteiger partial charge in [-0.3, -0.25) is 4.79 Å². The third-order valence-corrected chi connectivity index (χ3v) is 3.90. The molecular formula is C21H24N2O5. The van der Waals surface area contributed by atoms with E-state index in [-0.39, 0.29) is 12.5 Å². The summed E-state index contributed by atoms with van der Waals surface area (Å²) in [4.78, 5) is 22.6. The van der Waals surface area contributed by atoms with E-state index in [1.807, 2.05) is 39.0 Å². The van der Waals surface area contributed by atoms with E-state index >= 15 is 0 Å². The van der Waals surface area contributed by atoms with Gasteiger partial charge < -0.3 is 14.6 Å². The van der Waals surface area contributed by atoms with Crippen molar-refractivity contribution in [1.29, 1.82) is 0 Å². The SMILES string of the molecule is CC/C(=N/NC(=O)COc1cc(C)ccc1C)c1ccc(OCC(=O)O)cc1. The van der Waals surface area contributed by atoms with Gasteiger partial charge in [0.15, 0.2) is 13.2 Å². The number of carboxylic acid groups (broad SMARTS) is 1. The fraction of sp³-hybridized carbons (Fsp3) is 0.286. The van der Waals surface area contributed by atoms with Crippen LogP contribution in [0.3, 0.4) is 0 Å². The lowest BCUT2D eigenvalue weighted by Crippen LogP contribution is -2.26. The Labute approximate surface area is 164 Å². The Morgan fingerprint density at radius 1 is 1.04 bits per heavy atom. The van der Waals surface area contributed by atoms with E-state index in [0.717, 1.165) is 16.7 Å². The molecule has 28 heavy (non-hydrogen) atoms. The molecule has 0 atom stereocenters. The lowest BCUT2D eigenvalue weighted by Gasteiger charge is -2.10. The van der Waals surface area contributed by atoms with Gasteiger partial charge >= 0.3 is 5.97 Å². The molecule has 2 aromatic rings. The summed E-state index contributed by atoms with van der Waals surface area (Å²) < 4.78 is 10.7. The van der Waals surface area contributed by atoms with Gasteiger partial charge in [0, 0.05) is 0 Å². The van der Waals surface area contributed by atoms with Gasteiger partial charge in [-0.15, -0.1) is 0 Å². The van der Waals surface area contributed by atoms with Crippen LogP contribution in [0.2, 0.25) is 0 Å². The topological polar surface area (TPSA) is 97.2 Å². The average Bonchev–Trinajstić information content (AvgIpc) is 2.68. The fourth-order valence-electron chi connectivity index (χ4n) is 2.40. The number of ether oxygens (including phenoxy) is 2. The van der Waals surface area contributed by atoms with Crippen LogP contribution in [0.1, 0.15) is 30.0 Å². The van der Waals surface area contributed by atoms with Gasteiger partial charge in [0.1, 0.15) is 11.5 Å². The van der Waals surface area contributed by atoms with E-state index in [1.54, 1.807) is 24.3 Å². The summed E-state index contributed by atoms with van der Waals surface area (Å²) in [6.45, 7) is 5.27. The lowest BCUT2D eigenvalue weighted by molar-refractivity contribution is -0.139. The number of carbonyl (C=O) groups is 2. The monoisotopic (exact) mass is 384 g/mol. The normalized spacial score (nSPS) is 11.0. The Bertz CT molecular complexity index is 860. The number of nitrogens with one attached hydrogen (secondary N) is 1. The molecule has 0 bridgehead atoms. The Hall–Kier alpha value is -3.35. The molecule has 0 spiro atoms. The summed E-state index contributed by atoms with van der Waals surface area (Å²) >= 11 is 0. The van der Waals surface area contributed by atoms with Crippen molar-refractivity contribution in [2.45, 2.75) is 27.2 Å². The predicted octanol–water partition coefficient (Wildman–Crippen LogP) is 3.08. The third kappa shape index (κ3) is 6.42. The average molecular weight is 384 g/mol. The van der Waals surface area contributed by atoms with Crippen molar-refractivity contribution in [3.05, 3.63) is 59.2 Å². The quantitative estimate of drug-likeness (QED) is 0.511. The van der Waals surface area contributed by atoms with Crippen molar-refractivity contribution in [2.75, 3.05) is 13.2 Å². The highest BCUT2D eigenvalue weighted by atomic mass is 16.5. The number of nitrogens with zero attached hydrogens (tertiary/aromatic N) is 1. The first kappa shape index (κ1) is 21.0. The van der Waals surface area contributed by atoms with E-state index in [4.69, 9.17) is 14.6 Å². The van der Waals surface area contributed by atoms with Crippen molar-refractivity contribution in [3.63, 3.8) is 0 Å². The number of benzene rings is 2. The minimum atomic E-state index is -1.04. The minimum Gasteiger partial charge on any atom is -0.483 e. The molecule has 148 valence electrons. The van der Waals surface area contributed by atoms with E-state index in [1.165, 1.54) is 0 Å². The van der Waals surface area contributed by atoms with Gasteiger partial charge in [-0.2, -0.15) is 5.10 Å². The van der Waals surface area contributed by atoms with Crippen LogP contribution in [0.4, 0.5) is 0 Å². The molecule has 0 aliphatic heterocycles. The number of hydrazone groups is 1. The van der Waals surface area contributed by atoms with Crippen molar-refractivity contribution < 1.29 is 24.2 Å². The van der Waals surface area contributed by atoms with E-state index in [0.29, 0.717) is 23.6 Å². The molecule has 0 saturated carbocycles. The Kier molecular flexibility index (Phi) is 7.56. The largest absolute Gasteiger partial charge is 0.483 e. The number of carbonyl (C=O) groups excluding carboxylic acids is 1. The number of hydrogen-bond acceptors (Lipinski definition) is 5. The maximum atomic E-state index is 12.0. The van der Waals surface area contributed by atoms with Gasteiger partial charge in [0.05, 0.1) is 5.71 Å². The smallest absolute Gasteiger partial charge is 0.341 e. The first-order valence-electron chi connectivity index (χ1n) is 8.89. The number of aliphatic carboxylic acids is 1. The molecule has 0 aliphatic carbocycles.